The van der Waals surface area contributed by atoms with Gasteiger partial charge >= 0.3 is 5.97 Å². The topological polar surface area (TPSA) is 92.8 Å². The van der Waals surface area contributed by atoms with Gasteiger partial charge in [0.25, 0.3) is 5.91 Å². The molecule has 2 aromatic rings. The van der Waals surface area contributed by atoms with E-state index in [9.17, 15) is 18.0 Å². The minimum Gasteiger partial charge on any atom is -0.452 e. The van der Waals surface area contributed by atoms with Crippen molar-refractivity contribution in [2.45, 2.75) is 30.7 Å². The van der Waals surface area contributed by atoms with Crippen LogP contribution in [0.15, 0.2) is 41.3 Å². The number of nitrogens with zero attached hydrogens (tertiary/aromatic N) is 1. The smallest absolute Gasteiger partial charge is 0.338 e. The number of sulfonamides is 1. The second kappa shape index (κ2) is 10.9. The highest BCUT2D eigenvalue weighted by atomic mass is 35.5. The predicted octanol–water partition coefficient (Wildman–Crippen LogP) is 4.29. The first kappa shape index (κ1) is 24.8. The lowest BCUT2D eigenvalue weighted by Gasteiger charge is -2.26. The van der Waals surface area contributed by atoms with Crippen LogP contribution in [0.3, 0.4) is 0 Å². The average Bonchev–Trinajstić information content (AvgIpc) is 2.77. The highest BCUT2D eigenvalue weighted by Crippen LogP contribution is 2.28. The maximum atomic E-state index is 12.9. The normalized spacial score (nSPS) is 14.7. The number of halogens is 3. The Labute approximate surface area is 201 Å². The summed E-state index contributed by atoms with van der Waals surface area (Å²) < 4.78 is 32.2. The molecule has 1 aliphatic heterocycles. The summed E-state index contributed by atoms with van der Waals surface area (Å²) in [4.78, 5) is 24.3. The van der Waals surface area contributed by atoms with E-state index < -0.39 is 28.5 Å². The van der Waals surface area contributed by atoms with E-state index in [1.807, 2.05) is 0 Å². The van der Waals surface area contributed by atoms with Gasteiger partial charge in [-0.1, -0.05) is 47.3 Å². The fourth-order valence-corrected chi connectivity index (χ4v) is 5.69. The maximum Gasteiger partial charge on any atom is 0.338 e. The molecular formula is C21H21Cl3N2O5S. The summed E-state index contributed by atoms with van der Waals surface area (Å²) in [6, 6.07) is 8.74. The maximum absolute atomic E-state index is 12.9. The van der Waals surface area contributed by atoms with Crippen molar-refractivity contribution < 1.29 is 22.7 Å². The van der Waals surface area contributed by atoms with Crippen LogP contribution in [0.1, 0.15) is 35.2 Å². The number of carbonyl (C=O) groups is 2. The van der Waals surface area contributed by atoms with Crippen LogP contribution in [-0.2, 0) is 26.1 Å². The molecule has 1 N–H and O–H groups in total. The number of carbonyl (C=O) groups excluding carboxylic acids is 2. The molecule has 1 saturated heterocycles. The highest BCUT2D eigenvalue weighted by molar-refractivity contribution is 7.89. The van der Waals surface area contributed by atoms with E-state index in [-0.39, 0.29) is 22.0 Å². The minimum atomic E-state index is -3.83. The van der Waals surface area contributed by atoms with Crippen molar-refractivity contribution in [2.24, 2.45) is 0 Å². The molecule has 1 aliphatic rings. The molecule has 32 heavy (non-hydrogen) atoms. The number of ether oxygens (including phenoxy) is 1. The quantitative estimate of drug-likeness (QED) is 0.551. The van der Waals surface area contributed by atoms with Gasteiger partial charge in [-0.3, -0.25) is 4.79 Å². The molecule has 0 unspecified atom stereocenters. The van der Waals surface area contributed by atoms with Crippen molar-refractivity contribution in [1.29, 1.82) is 0 Å². The Hall–Kier alpha value is -1.84. The first-order chi connectivity index (χ1) is 15.2. The number of nitrogens with one attached hydrogen (secondary N) is 1. The third-order valence-electron chi connectivity index (χ3n) is 4.93. The van der Waals surface area contributed by atoms with Crippen LogP contribution >= 0.6 is 34.8 Å². The van der Waals surface area contributed by atoms with Gasteiger partial charge in [0.15, 0.2) is 6.61 Å². The Kier molecular flexibility index (Phi) is 8.41. The number of piperidine rings is 1. The summed E-state index contributed by atoms with van der Waals surface area (Å²) in [5, 5.41) is 3.48. The SMILES string of the molecule is O=C(COC(=O)c1ccc(Cl)c(S(=O)(=O)N2CCCCC2)c1)NCc1ccc(Cl)cc1Cl. The molecule has 1 fully saturated rings. The zero-order chi connectivity index (χ0) is 23.3. The fourth-order valence-electron chi connectivity index (χ4n) is 3.20. The van der Waals surface area contributed by atoms with Gasteiger partial charge in [0.2, 0.25) is 10.0 Å². The summed E-state index contributed by atoms with van der Waals surface area (Å²) in [5.41, 5.74) is 0.638. The first-order valence-corrected chi connectivity index (χ1v) is 12.4. The van der Waals surface area contributed by atoms with E-state index >= 15 is 0 Å². The second-order valence-electron chi connectivity index (χ2n) is 7.20. The molecule has 0 bridgehead atoms. The molecule has 0 aliphatic carbocycles. The molecular weight excluding hydrogens is 499 g/mol. The molecule has 172 valence electrons. The number of rotatable bonds is 7. The Bertz CT molecular complexity index is 1120. The van der Waals surface area contributed by atoms with Crippen LogP contribution in [0, 0.1) is 0 Å². The van der Waals surface area contributed by atoms with Gasteiger partial charge in [0, 0.05) is 29.7 Å². The molecule has 0 atom stereocenters. The van der Waals surface area contributed by atoms with Gasteiger partial charge in [0.1, 0.15) is 4.90 Å². The Morgan fingerprint density at radius 3 is 2.38 bits per heavy atom. The van der Waals surface area contributed by atoms with Crippen LogP contribution in [0.25, 0.3) is 0 Å². The number of hydrogen-bond donors (Lipinski definition) is 1. The van der Waals surface area contributed by atoms with E-state index in [1.54, 1.807) is 18.2 Å². The Balaban J connectivity index is 1.61. The summed E-state index contributed by atoms with van der Waals surface area (Å²) in [5.74, 6) is -1.38. The first-order valence-electron chi connectivity index (χ1n) is 9.86. The van der Waals surface area contributed by atoms with Crippen molar-refractivity contribution in [3.8, 4) is 0 Å². The number of hydrogen-bond acceptors (Lipinski definition) is 5. The molecule has 2 aromatic carbocycles. The van der Waals surface area contributed by atoms with Crippen LogP contribution in [0.5, 0.6) is 0 Å². The van der Waals surface area contributed by atoms with Crippen LogP contribution < -0.4 is 5.32 Å². The van der Waals surface area contributed by atoms with Crippen molar-refractivity contribution in [3.63, 3.8) is 0 Å². The van der Waals surface area contributed by atoms with Gasteiger partial charge in [0.05, 0.1) is 10.6 Å². The van der Waals surface area contributed by atoms with Gasteiger partial charge in [-0.25, -0.2) is 13.2 Å². The number of benzene rings is 2. The van der Waals surface area contributed by atoms with E-state index in [4.69, 9.17) is 39.5 Å². The summed E-state index contributed by atoms with van der Waals surface area (Å²) in [6.45, 7) is 0.405. The minimum absolute atomic E-state index is 0.0152. The molecule has 0 spiro atoms. The zero-order valence-electron chi connectivity index (χ0n) is 16.9. The number of amides is 1. The predicted molar refractivity (Wildman–Crippen MR) is 123 cm³/mol. The molecule has 11 heteroatoms. The van der Waals surface area contributed by atoms with E-state index in [2.05, 4.69) is 5.32 Å². The van der Waals surface area contributed by atoms with Crippen molar-refractivity contribution >= 4 is 56.7 Å². The Morgan fingerprint density at radius 2 is 1.69 bits per heavy atom. The third kappa shape index (κ3) is 6.14. The van der Waals surface area contributed by atoms with Crippen LogP contribution in [0.4, 0.5) is 0 Å². The van der Waals surface area contributed by atoms with Crippen LogP contribution in [0.2, 0.25) is 15.1 Å². The van der Waals surface area contributed by atoms with Crippen LogP contribution in [-0.4, -0.2) is 44.3 Å². The van der Waals surface area contributed by atoms with Gasteiger partial charge in [-0.2, -0.15) is 4.31 Å². The van der Waals surface area contributed by atoms with E-state index in [0.717, 1.165) is 19.3 Å². The number of esters is 1. The largest absolute Gasteiger partial charge is 0.452 e. The lowest BCUT2D eigenvalue weighted by molar-refractivity contribution is -0.124. The second-order valence-corrected chi connectivity index (χ2v) is 10.4. The lowest BCUT2D eigenvalue weighted by atomic mass is 10.2. The van der Waals surface area contributed by atoms with Gasteiger partial charge in [-0.15, -0.1) is 0 Å². The van der Waals surface area contributed by atoms with Gasteiger partial charge < -0.3 is 10.1 Å². The molecule has 7 nitrogen and oxygen atoms in total. The third-order valence-corrected chi connectivity index (χ3v) is 7.89. The molecule has 0 aromatic heterocycles. The molecule has 1 amide bonds. The van der Waals surface area contributed by atoms with Gasteiger partial charge in [-0.05, 0) is 48.7 Å². The van der Waals surface area contributed by atoms with E-state index in [1.165, 1.54) is 22.5 Å². The molecule has 0 radical (unpaired) electrons. The van der Waals surface area contributed by atoms with E-state index in [0.29, 0.717) is 28.7 Å². The standard InChI is InChI=1S/C21H21Cl3N2O5S/c22-16-6-4-15(18(24)11-16)12-25-20(27)13-31-21(28)14-5-7-17(23)19(10-14)32(29,30)26-8-2-1-3-9-26/h4-7,10-11H,1-3,8-9,12-13H2,(H,25,27). The average molecular weight is 520 g/mol. The highest BCUT2D eigenvalue weighted by Gasteiger charge is 2.29. The zero-order valence-corrected chi connectivity index (χ0v) is 20.0. The summed E-state index contributed by atoms with van der Waals surface area (Å²) >= 11 is 18.0. The van der Waals surface area contributed by atoms with Crippen molar-refractivity contribution in [2.75, 3.05) is 19.7 Å². The van der Waals surface area contributed by atoms with Crippen molar-refractivity contribution in [3.05, 3.63) is 62.6 Å². The molecule has 3 rings (SSSR count). The fraction of sp³-hybridized carbons (Fsp3) is 0.333. The summed E-state index contributed by atoms with van der Waals surface area (Å²) in [6.07, 6.45) is 2.52. The van der Waals surface area contributed by atoms with Crippen molar-refractivity contribution in [1.82, 2.24) is 9.62 Å². The molecule has 0 saturated carbocycles. The summed E-state index contributed by atoms with van der Waals surface area (Å²) in [7, 11) is -3.83. The molecule has 1 heterocycles. The Morgan fingerprint density at radius 1 is 0.969 bits per heavy atom. The monoisotopic (exact) mass is 518 g/mol. The lowest BCUT2D eigenvalue weighted by Crippen LogP contribution is -2.35.